The second-order valence-corrected chi connectivity index (χ2v) is 4.48. The van der Waals surface area contributed by atoms with Crippen molar-refractivity contribution >= 4 is 5.69 Å². The van der Waals surface area contributed by atoms with Crippen LogP contribution in [-0.4, -0.2) is 18.8 Å². The van der Waals surface area contributed by atoms with Gasteiger partial charge in [-0.2, -0.15) is 5.26 Å². The SMILES string of the molecule is COc1cccc(C(O)CNc2ccc(F)cc2C#N)c1. The van der Waals surface area contributed by atoms with Crippen LogP contribution < -0.4 is 10.1 Å². The minimum absolute atomic E-state index is 0.202. The summed E-state index contributed by atoms with van der Waals surface area (Å²) in [4.78, 5) is 0. The fourth-order valence-electron chi connectivity index (χ4n) is 1.94. The maximum Gasteiger partial charge on any atom is 0.124 e. The number of ether oxygens (including phenoxy) is 1. The average Bonchev–Trinajstić information content (AvgIpc) is 2.53. The first-order chi connectivity index (χ1) is 10.1. The summed E-state index contributed by atoms with van der Waals surface area (Å²) in [5, 5.41) is 22.0. The molecule has 0 aliphatic rings. The number of nitrogens with zero attached hydrogens (tertiary/aromatic N) is 1. The van der Waals surface area contributed by atoms with Gasteiger partial charge in [0.25, 0.3) is 0 Å². The number of rotatable bonds is 5. The molecule has 2 rings (SSSR count). The van der Waals surface area contributed by atoms with Gasteiger partial charge in [0.1, 0.15) is 17.6 Å². The molecular formula is C16H15FN2O2. The van der Waals surface area contributed by atoms with Crippen LogP contribution in [0.4, 0.5) is 10.1 Å². The normalized spacial score (nSPS) is 11.5. The summed E-state index contributed by atoms with van der Waals surface area (Å²) in [6.45, 7) is 0.202. The summed E-state index contributed by atoms with van der Waals surface area (Å²) in [6.07, 6.45) is -0.767. The number of benzene rings is 2. The van der Waals surface area contributed by atoms with Gasteiger partial charge in [0.2, 0.25) is 0 Å². The van der Waals surface area contributed by atoms with E-state index in [9.17, 15) is 9.50 Å². The van der Waals surface area contributed by atoms with Crippen molar-refractivity contribution in [1.82, 2.24) is 0 Å². The van der Waals surface area contributed by atoms with E-state index in [4.69, 9.17) is 10.00 Å². The van der Waals surface area contributed by atoms with Crippen molar-refractivity contribution in [2.75, 3.05) is 19.0 Å². The second-order valence-electron chi connectivity index (χ2n) is 4.48. The van der Waals surface area contributed by atoms with Crippen molar-refractivity contribution < 1.29 is 14.2 Å². The van der Waals surface area contributed by atoms with Gasteiger partial charge in [-0.1, -0.05) is 12.1 Å². The molecule has 0 spiro atoms. The van der Waals surface area contributed by atoms with E-state index in [0.717, 1.165) is 6.07 Å². The summed E-state index contributed by atoms with van der Waals surface area (Å²) >= 11 is 0. The van der Waals surface area contributed by atoms with Crippen LogP contribution in [0.5, 0.6) is 5.75 Å². The first-order valence-electron chi connectivity index (χ1n) is 6.39. The number of aliphatic hydroxyl groups is 1. The number of hydrogen-bond acceptors (Lipinski definition) is 4. The molecule has 0 aliphatic heterocycles. The van der Waals surface area contributed by atoms with E-state index < -0.39 is 11.9 Å². The van der Waals surface area contributed by atoms with Crippen molar-refractivity contribution in [3.63, 3.8) is 0 Å². The van der Waals surface area contributed by atoms with Gasteiger partial charge in [0.15, 0.2) is 0 Å². The molecule has 1 unspecified atom stereocenters. The maximum atomic E-state index is 13.0. The highest BCUT2D eigenvalue weighted by Gasteiger charge is 2.10. The van der Waals surface area contributed by atoms with Crippen LogP contribution >= 0.6 is 0 Å². The van der Waals surface area contributed by atoms with Crippen molar-refractivity contribution in [2.45, 2.75) is 6.10 Å². The molecule has 1 atom stereocenters. The summed E-state index contributed by atoms with van der Waals surface area (Å²) < 4.78 is 18.1. The Bertz CT molecular complexity index is 668. The lowest BCUT2D eigenvalue weighted by molar-refractivity contribution is 0.191. The number of hydrogen-bond donors (Lipinski definition) is 2. The molecule has 21 heavy (non-hydrogen) atoms. The average molecular weight is 286 g/mol. The van der Waals surface area contributed by atoms with Crippen molar-refractivity contribution in [3.05, 3.63) is 59.4 Å². The number of anilines is 1. The highest BCUT2D eigenvalue weighted by Crippen LogP contribution is 2.21. The third kappa shape index (κ3) is 3.71. The van der Waals surface area contributed by atoms with Crippen LogP contribution in [0.3, 0.4) is 0 Å². The third-order valence-corrected chi connectivity index (χ3v) is 3.07. The first kappa shape index (κ1) is 14.8. The minimum Gasteiger partial charge on any atom is -0.497 e. The third-order valence-electron chi connectivity index (χ3n) is 3.07. The number of nitrogens with one attached hydrogen (secondary N) is 1. The van der Waals surface area contributed by atoms with Gasteiger partial charge in [-0.05, 0) is 35.9 Å². The zero-order valence-electron chi connectivity index (χ0n) is 11.5. The van der Waals surface area contributed by atoms with Crippen LogP contribution in [0, 0.1) is 17.1 Å². The molecule has 0 bridgehead atoms. The lowest BCUT2D eigenvalue weighted by atomic mass is 10.1. The summed E-state index contributed by atoms with van der Waals surface area (Å²) in [7, 11) is 1.56. The van der Waals surface area contributed by atoms with Crippen LogP contribution in [0.25, 0.3) is 0 Å². The van der Waals surface area contributed by atoms with E-state index in [1.165, 1.54) is 12.1 Å². The standard InChI is InChI=1S/C16H15FN2O2/c1-21-14-4-2-3-11(8-14)16(20)10-19-15-6-5-13(17)7-12(15)9-18/h2-8,16,19-20H,10H2,1H3. The van der Waals surface area contributed by atoms with E-state index in [1.54, 1.807) is 31.4 Å². The van der Waals surface area contributed by atoms with Crippen molar-refractivity contribution in [3.8, 4) is 11.8 Å². The van der Waals surface area contributed by atoms with Gasteiger partial charge >= 0.3 is 0 Å². The fraction of sp³-hybridized carbons (Fsp3) is 0.188. The van der Waals surface area contributed by atoms with E-state index in [1.807, 2.05) is 6.07 Å². The minimum atomic E-state index is -0.767. The molecule has 2 aromatic rings. The van der Waals surface area contributed by atoms with Gasteiger partial charge in [-0.15, -0.1) is 0 Å². The molecule has 0 radical (unpaired) electrons. The zero-order chi connectivity index (χ0) is 15.2. The molecule has 4 nitrogen and oxygen atoms in total. The Balaban J connectivity index is 2.07. The summed E-state index contributed by atoms with van der Waals surface area (Å²) in [6, 6.07) is 12.9. The summed E-state index contributed by atoms with van der Waals surface area (Å²) in [5.41, 5.74) is 1.39. The van der Waals surface area contributed by atoms with Gasteiger partial charge in [0, 0.05) is 6.54 Å². The van der Waals surface area contributed by atoms with Gasteiger partial charge in [-0.25, -0.2) is 4.39 Å². The molecular weight excluding hydrogens is 271 g/mol. The first-order valence-corrected chi connectivity index (χ1v) is 6.39. The second kappa shape index (κ2) is 6.73. The lowest BCUT2D eigenvalue weighted by Crippen LogP contribution is -2.13. The molecule has 0 heterocycles. The van der Waals surface area contributed by atoms with Gasteiger partial charge in [-0.3, -0.25) is 0 Å². The summed E-state index contributed by atoms with van der Waals surface area (Å²) in [5.74, 6) is 0.191. The Hall–Kier alpha value is -2.58. The molecule has 0 saturated heterocycles. The van der Waals surface area contributed by atoms with Gasteiger partial charge < -0.3 is 15.2 Å². The van der Waals surface area contributed by atoms with E-state index in [2.05, 4.69) is 5.32 Å². The Morgan fingerprint density at radius 3 is 2.86 bits per heavy atom. The predicted octanol–water partition coefficient (Wildman–Crippen LogP) is 2.85. The number of aliphatic hydroxyl groups excluding tert-OH is 1. The number of methoxy groups -OCH3 is 1. The largest absolute Gasteiger partial charge is 0.497 e. The van der Waals surface area contributed by atoms with Gasteiger partial charge in [0.05, 0.1) is 24.5 Å². The Kier molecular flexibility index (Phi) is 4.75. The Morgan fingerprint density at radius 1 is 1.33 bits per heavy atom. The molecule has 5 heteroatoms. The van der Waals surface area contributed by atoms with Crippen LogP contribution in [0.1, 0.15) is 17.2 Å². The monoisotopic (exact) mass is 286 g/mol. The van der Waals surface area contributed by atoms with E-state index >= 15 is 0 Å². The van der Waals surface area contributed by atoms with Crippen LogP contribution in [-0.2, 0) is 0 Å². The molecule has 2 aromatic carbocycles. The maximum absolute atomic E-state index is 13.0. The van der Waals surface area contributed by atoms with Crippen LogP contribution in [0.2, 0.25) is 0 Å². The Morgan fingerprint density at radius 2 is 2.14 bits per heavy atom. The lowest BCUT2D eigenvalue weighted by Gasteiger charge is -2.14. The molecule has 0 aliphatic carbocycles. The molecule has 0 aromatic heterocycles. The smallest absolute Gasteiger partial charge is 0.124 e. The van der Waals surface area contributed by atoms with Crippen molar-refractivity contribution in [1.29, 1.82) is 5.26 Å². The molecule has 0 fully saturated rings. The molecule has 0 amide bonds. The van der Waals surface area contributed by atoms with Crippen LogP contribution in [0.15, 0.2) is 42.5 Å². The number of halogens is 1. The van der Waals surface area contributed by atoms with Crippen molar-refractivity contribution in [2.24, 2.45) is 0 Å². The fourth-order valence-corrected chi connectivity index (χ4v) is 1.94. The zero-order valence-corrected chi connectivity index (χ0v) is 11.5. The highest BCUT2D eigenvalue weighted by atomic mass is 19.1. The molecule has 108 valence electrons. The number of nitriles is 1. The predicted molar refractivity (Wildman–Crippen MR) is 77.6 cm³/mol. The Labute approximate surface area is 122 Å². The van der Waals surface area contributed by atoms with E-state index in [0.29, 0.717) is 17.0 Å². The quantitative estimate of drug-likeness (QED) is 0.887. The van der Waals surface area contributed by atoms with E-state index in [-0.39, 0.29) is 12.1 Å². The highest BCUT2D eigenvalue weighted by molar-refractivity contribution is 5.57. The molecule has 2 N–H and O–H groups in total. The molecule has 0 saturated carbocycles. The topological polar surface area (TPSA) is 65.3 Å².